The minimum Gasteiger partial charge on any atom is -0.325 e. The van der Waals surface area contributed by atoms with Crippen molar-refractivity contribution in [3.05, 3.63) is 94.5 Å². The van der Waals surface area contributed by atoms with Crippen molar-refractivity contribution in [1.29, 1.82) is 0 Å². The molecule has 0 saturated carbocycles. The van der Waals surface area contributed by atoms with Gasteiger partial charge in [0, 0.05) is 24.4 Å². The number of nitro groups is 1. The van der Waals surface area contributed by atoms with Crippen LogP contribution in [0.25, 0.3) is 11.0 Å². The number of aromatic nitrogens is 2. The first kappa shape index (κ1) is 21.6. The molecule has 0 aliphatic rings. The van der Waals surface area contributed by atoms with Crippen molar-refractivity contribution in [3.63, 3.8) is 0 Å². The quantitative estimate of drug-likeness (QED) is 0.225. The maximum Gasteiger partial charge on any atom is 0.271 e. The zero-order valence-corrected chi connectivity index (χ0v) is 18.3. The lowest BCUT2D eigenvalue weighted by atomic mass is 10.1. The number of non-ortho nitro benzene ring substituents is 1. The topological polar surface area (TPSA) is 90.1 Å². The molecular formula is C24H22N4O3S. The number of anilines is 1. The maximum atomic E-state index is 12.8. The molecule has 32 heavy (non-hydrogen) atoms. The molecule has 8 heteroatoms. The van der Waals surface area contributed by atoms with E-state index in [9.17, 15) is 14.9 Å². The van der Waals surface area contributed by atoms with Gasteiger partial charge in [-0.15, -0.1) is 0 Å². The Balaban J connectivity index is 1.52. The number of thioether (sulfide) groups is 1. The van der Waals surface area contributed by atoms with Gasteiger partial charge in [0.25, 0.3) is 5.69 Å². The summed E-state index contributed by atoms with van der Waals surface area (Å²) in [5, 5.41) is 14.1. The standard InChI is InChI=1S/C24H22N4O3S/c1-17(23(29)25-19-10-7-11-20(16-19)28(30)31)32-24-26-21-12-5-6-13-22(21)27(24)15-14-18-8-3-2-4-9-18/h2-13,16-17H,14-15H2,1H3,(H,25,29). The number of hydrogen-bond acceptors (Lipinski definition) is 5. The first-order valence-electron chi connectivity index (χ1n) is 10.2. The zero-order chi connectivity index (χ0) is 22.5. The van der Waals surface area contributed by atoms with Gasteiger partial charge in [0.1, 0.15) is 0 Å². The molecule has 1 N–H and O–H groups in total. The lowest BCUT2D eigenvalue weighted by Crippen LogP contribution is -2.23. The van der Waals surface area contributed by atoms with Crippen molar-refractivity contribution in [2.24, 2.45) is 0 Å². The van der Waals surface area contributed by atoms with Crippen LogP contribution in [0.3, 0.4) is 0 Å². The molecule has 1 aromatic heterocycles. The molecule has 0 aliphatic carbocycles. The number of nitro benzene ring substituents is 1. The van der Waals surface area contributed by atoms with Crippen molar-refractivity contribution in [3.8, 4) is 0 Å². The van der Waals surface area contributed by atoms with Crippen LogP contribution >= 0.6 is 11.8 Å². The Morgan fingerprint density at radius 1 is 1.09 bits per heavy atom. The van der Waals surface area contributed by atoms with E-state index in [-0.39, 0.29) is 11.6 Å². The summed E-state index contributed by atoms with van der Waals surface area (Å²) in [6.45, 7) is 2.55. The van der Waals surface area contributed by atoms with Crippen molar-refractivity contribution in [1.82, 2.24) is 9.55 Å². The number of benzene rings is 3. The van der Waals surface area contributed by atoms with Crippen LogP contribution in [-0.2, 0) is 17.8 Å². The van der Waals surface area contributed by atoms with Gasteiger partial charge in [-0.25, -0.2) is 4.98 Å². The van der Waals surface area contributed by atoms with Gasteiger partial charge in [-0.05, 0) is 37.1 Å². The van der Waals surface area contributed by atoms with E-state index in [1.165, 1.54) is 29.5 Å². The van der Waals surface area contributed by atoms with E-state index in [2.05, 4.69) is 22.0 Å². The van der Waals surface area contributed by atoms with Crippen LogP contribution in [0, 0.1) is 10.1 Å². The summed E-state index contributed by atoms with van der Waals surface area (Å²) in [5.74, 6) is -0.239. The third-order valence-corrected chi connectivity index (χ3v) is 6.15. The molecule has 0 bridgehead atoms. The molecule has 7 nitrogen and oxygen atoms in total. The SMILES string of the molecule is CC(Sc1nc2ccccc2n1CCc1ccccc1)C(=O)Nc1cccc([N+](=O)[O-])c1. The van der Waals surface area contributed by atoms with E-state index >= 15 is 0 Å². The number of hydrogen-bond donors (Lipinski definition) is 1. The number of nitrogens with one attached hydrogen (secondary N) is 1. The predicted molar refractivity (Wildman–Crippen MR) is 127 cm³/mol. The van der Waals surface area contributed by atoms with Crippen LogP contribution in [-0.4, -0.2) is 25.6 Å². The third-order valence-electron chi connectivity index (χ3n) is 5.06. The normalized spacial score (nSPS) is 11.9. The molecule has 4 rings (SSSR count). The molecule has 0 aliphatic heterocycles. The smallest absolute Gasteiger partial charge is 0.271 e. The van der Waals surface area contributed by atoms with E-state index in [1.807, 2.05) is 42.5 Å². The number of aryl methyl sites for hydroxylation is 2. The highest BCUT2D eigenvalue weighted by Gasteiger charge is 2.20. The molecule has 3 aromatic carbocycles. The Hall–Kier alpha value is -3.65. The molecule has 0 spiro atoms. The van der Waals surface area contributed by atoms with Crippen LogP contribution in [0.5, 0.6) is 0 Å². The molecule has 1 amide bonds. The highest BCUT2D eigenvalue weighted by atomic mass is 32.2. The van der Waals surface area contributed by atoms with Gasteiger partial charge in [0.15, 0.2) is 5.16 Å². The second-order valence-electron chi connectivity index (χ2n) is 7.33. The minimum atomic E-state index is -0.483. The molecule has 1 heterocycles. The minimum absolute atomic E-state index is 0.0641. The molecule has 1 unspecified atom stereocenters. The molecule has 0 saturated heterocycles. The number of para-hydroxylation sites is 2. The Labute approximate surface area is 189 Å². The van der Waals surface area contributed by atoms with Crippen LogP contribution < -0.4 is 5.32 Å². The number of amides is 1. The van der Waals surface area contributed by atoms with Gasteiger partial charge >= 0.3 is 0 Å². The van der Waals surface area contributed by atoms with Crippen molar-refractivity contribution in [2.45, 2.75) is 30.3 Å². The Kier molecular flexibility index (Phi) is 6.51. The maximum absolute atomic E-state index is 12.8. The molecule has 162 valence electrons. The van der Waals surface area contributed by atoms with E-state index in [0.717, 1.165) is 29.2 Å². The third kappa shape index (κ3) is 4.97. The molecule has 0 fully saturated rings. The summed E-state index contributed by atoms with van der Waals surface area (Å²) in [6.07, 6.45) is 0.850. The largest absolute Gasteiger partial charge is 0.325 e. The van der Waals surface area contributed by atoms with Gasteiger partial charge in [-0.2, -0.15) is 0 Å². The fourth-order valence-electron chi connectivity index (χ4n) is 3.40. The van der Waals surface area contributed by atoms with Gasteiger partial charge in [-0.3, -0.25) is 14.9 Å². The van der Waals surface area contributed by atoms with Gasteiger partial charge in [0.05, 0.1) is 21.2 Å². The van der Waals surface area contributed by atoms with Crippen molar-refractivity contribution >= 4 is 40.1 Å². The number of rotatable bonds is 8. The monoisotopic (exact) mass is 446 g/mol. The average molecular weight is 447 g/mol. The Morgan fingerprint density at radius 3 is 2.62 bits per heavy atom. The summed E-state index contributed by atoms with van der Waals surface area (Å²) in [4.78, 5) is 28.0. The number of carbonyl (C=O) groups excluding carboxylic acids is 1. The summed E-state index contributed by atoms with van der Waals surface area (Å²) >= 11 is 1.37. The van der Waals surface area contributed by atoms with Crippen molar-refractivity contribution < 1.29 is 9.72 Å². The Bertz CT molecular complexity index is 1260. The highest BCUT2D eigenvalue weighted by Crippen LogP contribution is 2.28. The number of nitrogens with zero attached hydrogens (tertiary/aromatic N) is 3. The number of imidazole rings is 1. The summed E-state index contributed by atoms with van der Waals surface area (Å²) in [5.41, 5.74) is 3.48. The lowest BCUT2D eigenvalue weighted by molar-refractivity contribution is -0.384. The first-order chi connectivity index (χ1) is 15.5. The van der Waals surface area contributed by atoms with E-state index in [0.29, 0.717) is 5.69 Å². The van der Waals surface area contributed by atoms with Gasteiger partial charge in [0.2, 0.25) is 5.91 Å². The molecule has 4 aromatic rings. The van der Waals surface area contributed by atoms with E-state index in [1.54, 1.807) is 19.1 Å². The van der Waals surface area contributed by atoms with Gasteiger partial charge in [-0.1, -0.05) is 60.3 Å². The van der Waals surface area contributed by atoms with E-state index < -0.39 is 10.2 Å². The number of fused-ring (bicyclic) bond motifs is 1. The highest BCUT2D eigenvalue weighted by molar-refractivity contribution is 8.00. The fraction of sp³-hybridized carbons (Fsp3) is 0.167. The summed E-state index contributed by atoms with van der Waals surface area (Å²) in [7, 11) is 0. The second-order valence-corrected chi connectivity index (χ2v) is 8.64. The van der Waals surface area contributed by atoms with Crippen LogP contribution in [0.15, 0.2) is 84.0 Å². The fourth-order valence-corrected chi connectivity index (χ4v) is 4.35. The van der Waals surface area contributed by atoms with Gasteiger partial charge < -0.3 is 9.88 Å². The van der Waals surface area contributed by atoms with Crippen LogP contribution in [0.1, 0.15) is 12.5 Å². The lowest BCUT2D eigenvalue weighted by Gasteiger charge is -2.14. The van der Waals surface area contributed by atoms with Crippen LogP contribution in [0.2, 0.25) is 0 Å². The summed E-state index contributed by atoms with van der Waals surface area (Å²) < 4.78 is 2.14. The average Bonchev–Trinajstić information content (AvgIpc) is 3.15. The predicted octanol–water partition coefficient (Wildman–Crippen LogP) is 5.31. The molecular weight excluding hydrogens is 424 g/mol. The van der Waals surface area contributed by atoms with Crippen molar-refractivity contribution in [2.75, 3.05) is 5.32 Å². The van der Waals surface area contributed by atoms with Crippen LogP contribution in [0.4, 0.5) is 11.4 Å². The van der Waals surface area contributed by atoms with E-state index in [4.69, 9.17) is 4.98 Å². The molecule has 0 radical (unpaired) electrons. The summed E-state index contributed by atoms with van der Waals surface area (Å²) in [6, 6.07) is 24.1. The molecule has 1 atom stereocenters. The second kappa shape index (κ2) is 9.65. The number of carbonyl (C=O) groups is 1. The first-order valence-corrected chi connectivity index (χ1v) is 11.1. The Morgan fingerprint density at radius 2 is 1.84 bits per heavy atom. The zero-order valence-electron chi connectivity index (χ0n) is 17.5.